The summed E-state index contributed by atoms with van der Waals surface area (Å²) in [5.74, 6) is -19.1. The number of aliphatic hydroxyl groups is 2. The number of aliphatic carboxylic acids is 1. The second-order valence-electron chi connectivity index (χ2n) is 30.9. The van der Waals surface area contributed by atoms with Crippen LogP contribution < -0.4 is 16.0 Å². The van der Waals surface area contributed by atoms with Crippen molar-refractivity contribution in [3.63, 3.8) is 0 Å². The summed E-state index contributed by atoms with van der Waals surface area (Å²) in [6.45, 7) is -0.206. The third kappa shape index (κ3) is 31.8. The summed E-state index contributed by atoms with van der Waals surface area (Å²) < 4.78 is 5.15. The molecule has 0 bridgehead atoms. The number of nitrogens with zero attached hydrogens (tertiary/aromatic N) is 4. The van der Waals surface area contributed by atoms with Crippen LogP contribution in [0.15, 0.2) is 158 Å². The number of rotatable bonds is 59. The Hall–Kier alpha value is -11.3. The Morgan fingerprint density at radius 2 is 1.02 bits per heavy atom. The van der Waals surface area contributed by atoms with Crippen LogP contribution in [0.2, 0.25) is 0 Å². The predicted molar refractivity (Wildman–Crippen MR) is 453 cm³/mol. The van der Waals surface area contributed by atoms with Crippen LogP contribution in [0.3, 0.4) is 0 Å². The lowest BCUT2D eigenvalue weighted by atomic mass is 9.77. The number of ketones is 10. The number of nitrogens with two attached hydrogens (primary N) is 1. The third-order valence-corrected chi connectivity index (χ3v) is 22.6. The number of hydrogen-bond donors (Lipinski definition) is 9. The van der Waals surface area contributed by atoms with Crippen molar-refractivity contribution in [1.29, 1.82) is 5.41 Å². The summed E-state index contributed by atoms with van der Waals surface area (Å²) >= 11 is 1.35. The van der Waals surface area contributed by atoms with Gasteiger partial charge in [0.1, 0.15) is 64.3 Å². The van der Waals surface area contributed by atoms with E-state index in [4.69, 9.17) is 15.9 Å². The lowest BCUT2D eigenvalue weighted by Gasteiger charge is -2.30. The largest absolute Gasteiger partial charge is 0.508 e. The van der Waals surface area contributed by atoms with Gasteiger partial charge >= 0.3 is 5.97 Å². The second-order valence-corrected chi connectivity index (χ2v) is 31.9. The monoisotopic (exact) mass is 1670 g/mol. The predicted octanol–water partition coefficient (Wildman–Crippen LogP) is 9.06. The van der Waals surface area contributed by atoms with E-state index in [1.807, 2.05) is 30.5 Å². The van der Waals surface area contributed by atoms with Crippen LogP contribution in [-0.2, 0) is 104 Å². The van der Waals surface area contributed by atoms with E-state index in [9.17, 15) is 73.2 Å². The van der Waals surface area contributed by atoms with Gasteiger partial charge < -0.3 is 60.9 Å². The number of carbonyl (C=O) groups is 14. The lowest BCUT2D eigenvalue weighted by Crippen LogP contribution is -2.48. The Balaban J connectivity index is 1.07. The number of ether oxygens (including phenoxy) is 1. The number of carbonyl (C=O) groups excluding carboxylic acids is 13. The maximum absolute atomic E-state index is 15.2. The molecule has 0 fully saturated rings. The molecule has 10 N–H and O–H groups in total. The average Bonchev–Trinajstić information content (AvgIpc) is 1.54. The number of aromatic hydroxyl groups is 1. The van der Waals surface area contributed by atoms with Crippen molar-refractivity contribution in [2.24, 2.45) is 59.0 Å². The molecule has 5 aromatic carbocycles. The molecule has 7 rings (SSSR count). The van der Waals surface area contributed by atoms with Crippen molar-refractivity contribution in [1.82, 2.24) is 30.1 Å². The number of aromatic nitrogens is 3. The van der Waals surface area contributed by atoms with Crippen LogP contribution in [0, 0.1) is 58.7 Å². The highest BCUT2D eigenvalue weighted by Crippen LogP contribution is 2.33. The number of amides is 3. The van der Waals surface area contributed by atoms with Crippen molar-refractivity contribution >= 4 is 116 Å². The third-order valence-electron chi connectivity index (χ3n) is 22.0. The SMILES string of the molecule is COCCN(CC(=O)N(CC(=O)N(CC(=O)CC(CO)C(=O)CC(Cc1ccc(O)cc1)C(=O)CC(CO)C(=O)CC(CCSC)C(=O)CC(CCC(=O)O)C(=O)CC(Cc1c[nH]cn1)C(=O)CC(Cc1ccccc1)C(=O)CC(CCCNC(=N)N)C(=O)CC(Cc1c[nH]c2ccccc12)C(C)=O)c1ccccc1)Cc1ccccc1)C(C)=O. The van der Waals surface area contributed by atoms with Crippen LogP contribution >= 0.6 is 11.8 Å². The van der Waals surface area contributed by atoms with Crippen molar-refractivity contribution in [2.75, 3.05) is 76.6 Å². The maximum Gasteiger partial charge on any atom is 0.303 e. The first kappa shape index (κ1) is 95.9. The minimum Gasteiger partial charge on any atom is -0.508 e. The molecule has 0 radical (unpaired) electrons. The summed E-state index contributed by atoms with van der Waals surface area (Å²) in [5, 5.41) is 53.4. The first-order chi connectivity index (χ1) is 57.6. The van der Waals surface area contributed by atoms with Crippen LogP contribution in [0.1, 0.15) is 132 Å². The Bertz CT molecular complexity index is 4580. The molecular formula is C91H113N9O19S. The number of anilines is 1. The van der Waals surface area contributed by atoms with Gasteiger partial charge in [-0.2, -0.15) is 11.8 Å². The fraction of sp³-hybridized carbons (Fsp3) is 0.451. The highest BCUT2D eigenvalue weighted by molar-refractivity contribution is 7.98. The molecule has 9 atom stereocenters. The number of phenols is 1. The maximum atomic E-state index is 15.2. The van der Waals surface area contributed by atoms with E-state index < -0.39 is 201 Å². The Kier molecular flexibility index (Phi) is 39.9. The number of aromatic amines is 2. The summed E-state index contributed by atoms with van der Waals surface area (Å²) in [6, 6.07) is 39.2. The second kappa shape index (κ2) is 50.0. The summed E-state index contributed by atoms with van der Waals surface area (Å²) in [5.41, 5.74) is 9.77. The van der Waals surface area contributed by atoms with Gasteiger partial charge in [-0.15, -0.1) is 0 Å². The molecule has 0 saturated carbocycles. The van der Waals surface area contributed by atoms with Gasteiger partial charge in [0.15, 0.2) is 11.7 Å². The van der Waals surface area contributed by atoms with Gasteiger partial charge in [0.25, 0.3) is 0 Å². The Morgan fingerprint density at radius 3 is 1.55 bits per heavy atom. The molecule has 642 valence electrons. The number of hydrogen-bond acceptors (Lipinski definition) is 21. The topological polar surface area (TPSA) is 445 Å². The first-order valence-electron chi connectivity index (χ1n) is 40.6. The van der Waals surface area contributed by atoms with Crippen LogP contribution in [0.25, 0.3) is 10.9 Å². The van der Waals surface area contributed by atoms with E-state index in [0.717, 1.165) is 21.4 Å². The molecule has 0 aliphatic heterocycles. The number of methoxy groups -OCH3 is 1. The zero-order valence-electron chi connectivity index (χ0n) is 68.7. The number of para-hydroxylation sites is 2. The van der Waals surface area contributed by atoms with E-state index in [2.05, 4.69) is 20.3 Å². The number of phenolic OH excluding ortho intramolecular Hbond substituents is 1. The number of fused-ring (bicyclic) bond motifs is 1. The number of imidazole rings is 1. The van der Waals surface area contributed by atoms with Crippen molar-refractivity contribution in [3.8, 4) is 5.75 Å². The number of H-pyrrole nitrogens is 2. The molecular weight excluding hydrogens is 1560 g/mol. The van der Waals surface area contributed by atoms with Crippen LogP contribution in [-0.4, -0.2) is 204 Å². The minimum absolute atomic E-state index is 0.0452. The van der Waals surface area contributed by atoms with Gasteiger partial charge in [-0.25, -0.2) is 4.98 Å². The standard InChI is InChI=1S/C91H113N9O19S/c1-59(103)67(39-71-50-96-79-25-15-14-24-78(71)79)45-81(108)64(21-16-33-95-91(92)93)42-83(110)68(37-61-17-8-5-9-18-61)46-84(111)70(40-74-51-94-58-97-74)48-82(109)65(28-31-90(117)118)43-80(107)66(32-36-120-4)44-86(113)73(57-102)49-85(112)69(38-62-26-29-76(105)30-27-62)47-87(114)72(56-101)41-77(106)53-100(75-22-12-7-13-23-75)89(116)55-99(52-63-19-10-6-11-20-63)88(115)54-98(60(2)104)34-35-119-3/h5-15,17-20,22-27,29-30,50-51,58,64-70,72-73,96,101-102,105H,16,21,28,31-49,52-57H2,1-4H3,(H,94,97)(H,117,118)(H4,92,93,95). The number of nitrogens with one attached hydrogen (secondary N) is 4. The first-order valence-corrected chi connectivity index (χ1v) is 42.0. The highest BCUT2D eigenvalue weighted by Gasteiger charge is 2.38. The number of Topliss-reactive ketones (excluding diaryl/α,β-unsaturated/α-hetero) is 10. The summed E-state index contributed by atoms with van der Waals surface area (Å²) in [7, 11) is 1.45. The fourth-order valence-electron chi connectivity index (χ4n) is 14.9. The normalized spacial score (nSPS) is 13.6. The zero-order chi connectivity index (χ0) is 87.2. The molecule has 0 aliphatic carbocycles. The van der Waals surface area contributed by atoms with Crippen molar-refractivity contribution in [3.05, 3.63) is 186 Å². The molecule has 29 heteroatoms. The molecule has 2 heterocycles. The van der Waals surface area contributed by atoms with E-state index in [1.54, 1.807) is 97.3 Å². The van der Waals surface area contributed by atoms with Gasteiger partial charge in [-0.05, 0) is 116 Å². The molecule has 28 nitrogen and oxygen atoms in total. The fourth-order valence-corrected chi connectivity index (χ4v) is 15.5. The molecule has 0 saturated heterocycles. The number of carboxylic acids is 1. The summed E-state index contributed by atoms with van der Waals surface area (Å²) in [4.78, 5) is 214. The van der Waals surface area contributed by atoms with Gasteiger partial charge in [-0.3, -0.25) is 72.5 Å². The minimum atomic E-state index is -1.45. The van der Waals surface area contributed by atoms with Gasteiger partial charge in [-0.1, -0.05) is 109 Å². The van der Waals surface area contributed by atoms with Gasteiger partial charge in [0.2, 0.25) is 17.7 Å². The highest BCUT2D eigenvalue weighted by atomic mass is 32.2. The van der Waals surface area contributed by atoms with Crippen LogP contribution in [0.5, 0.6) is 5.75 Å². The smallest absolute Gasteiger partial charge is 0.303 e. The molecule has 2 aromatic heterocycles. The molecule has 3 amide bonds. The lowest BCUT2D eigenvalue weighted by molar-refractivity contribution is -0.141. The number of guanidine groups is 1. The Labute approximate surface area is 703 Å². The van der Waals surface area contributed by atoms with Crippen molar-refractivity contribution < 1.29 is 92.3 Å². The molecule has 9 unspecified atom stereocenters. The van der Waals surface area contributed by atoms with E-state index >= 15 is 14.4 Å². The molecule has 0 aliphatic rings. The van der Waals surface area contributed by atoms with Gasteiger partial charge in [0, 0.05) is 187 Å². The van der Waals surface area contributed by atoms with E-state index in [1.165, 1.54) is 79.3 Å². The number of carboxylic acid groups (broad SMARTS) is 1. The molecule has 120 heavy (non-hydrogen) atoms. The van der Waals surface area contributed by atoms with Crippen molar-refractivity contribution in [2.45, 2.75) is 136 Å². The molecule has 7 aromatic rings. The van der Waals surface area contributed by atoms with E-state index in [-0.39, 0.29) is 120 Å². The Morgan fingerprint density at radius 1 is 0.533 bits per heavy atom. The quantitative estimate of drug-likeness (QED) is 0.00974. The van der Waals surface area contributed by atoms with E-state index in [0.29, 0.717) is 34.6 Å². The van der Waals surface area contributed by atoms with Gasteiger partial charge in [0.05, 0.1) is 44.9 Å². The number of aliphatic hydroxyl groups excluding tert-OH is 2. The van der Waals surface area contributed by atoms with Crippen LogP contribution in [0.4, 0.5) is 5.69 Å². The average molecular weight is 1670 g/mol. The zero-order valence-corrected chi connectivity index (χ0v) is 69.5. The number of thioether (sulfide) groups is 1. The molecule has 0 spiro atoms. The summed E-state index contributed by atoms with van der Waals surface area (Å²) in [6.07, 6.45) is 1.77. The number of benzene rings is 5.